The van der Waals surface area contributed by atoms with Gasteiger partial charge in [-0.2, -0.15) is 0 Å². The molecule has 97 valence electrons. The Balaban J connectivity index is -0.0000000257. The first-order valence-electron chi connectivity index (χ1n) is 2.19. The van der Waals surface area contributed by atoms with Crippen LogP contribution in [0, 0.1) is 40.8 Å². The van der Waals surface area contributed by atoms with Crippen molar-refractivity contribution in [3.63, 3.8) is 0 Å². The molecule has 0 unspecified atom stereocenters. The molecule has 0 bridgehead atoms. The fourth-order valence-corrected chi connectivity index (χ4v) is 0. The van der Waals surface area contributed by atoms with E-state index in [-0.39, 0.29) is 59.7 Å². The summed E-state index contributed by atoms with van der Waals surface area (Å²) in [7, 11) is 0. The van der Waals surface area contributed by atoms with Gasteiger partial charge in [0.1, 0.15) is 0 Å². The molecule has 0 spiro atoms. The van der Waals surface area contributed by atoms with E-state index in [1.54, 1.807) is 0 Å². The zero-order chi connectivity index (χ0) is 14.3. The van der Waals surface area contributed by atoms with Gasteiger partial charge in [0, 0.05) is 0 Å². The normalized spacial score (nSPS) is 5.56. The van der Waals surface area contributed by atoms with E-state index in [0.717, 1.165) is 0 Å². The number of hydrogen-bond acceptors (Lipinski definition) is 12. The monoisotopic (exact) mass is 1060 g/mol. The van der Waals surface area contributed by atoms with Gasteiger partial charge in [-0.25, -0.2) is 0 Å². The molecule has 0 saturated carbocycles. The summed E-state index contributed by atoms with van der Waals surface area (Å²) in [5, 5.41) is 0. The van der Waals surface area contributed by atoms with E-state index in [9.17, 15) is 0 Å². The van der Waals surface area contributed by atoms with E-state index in [1.165, 1.54) is 0 Å². The summed E-state index contributed by atoms with van der Waals surface area (Å²) < 4.78 is 103. The van der Waals surface area contributed by atoms with E-state index < -0.39 is 75.1 Å². The van der Waals surface area contributed by atoms with Gasteiger partial charge in [-0.15, -0.1) is 0 Å². The van der Waals surface area contributed by atoms with E-state index in [4.69, 9.17) is 40.5 Å². The molecule has 0 aliphatic heterocycles. The fraction of sp³-hybridized carbons (Fsp3) is 0. The Bertz CT molecular complexity index is 298. The van der Waals surface area contributed by atoms with Crippen molar-refractivity contribution >= 4 is 0 Å². The minimum atomic E-state index is -4.34. The quantitative estimate of drug-likeness (QED) is 0.206. The Labute approximate surface area is 171 Å². The molecule has 0 aromatic carbocycles. The maximum absolute atomic E-state index is 8.62. The van der Waals surface area contributed by atoms with Crippen molar-refractivity contribution in [1.29, 1.82) is 0 Å². The van der Waals surface area contributed by atoms with Crippen molar-refractivity contribution in [3.05, 3.63) is 0 Å². The van der Waals surface area contributed by atoms with Crippen molar-refractivity contribution in [1.82, 2.24) is 0 Å². The SMILES string of the molecule is [Li+].[Nd+3].[O]=[Ta](=[O])[O-].[O]=[Ta](=[O])[O-].[O]=[Ta](=[O])[O-].[O]=[Ta](=[O])[O-]. The van der Waals surface area contributed by atoms with Crippen LogP contribution in [0.1, 0.15) is 0 Å². The molecule has 18 heteroatoms. The van der Waals surface area contributed by atoms with Crippen molar-refractivity contribution in [2.45, 2.75) is 0 Å². The molecule has 0 aliphatic carbocycles. The van der Waals surface area contributed by atoms with Crippen LogP contribution in [0.15, 0.2) is 0 Å². The molecule has 0 aromatic heterocycles. The molecule has 0 N–H and O–H groups in total. The summed E-state index contributed by atoms with van der Waals surface area (Å²) in [6, 6.07) is 0. The molecule has 0 atom stereocenters. The van der Waals surface area contributed by atoms with Crippen LogP contribution in [-0.2, 0) is 101 Å². The Hall–Kier alpha value is 3.15. The van der Waals surface area contributed by atoms with Gasteiger partial charge in [-0.3, -0.25) is 0 Å². The third-order valence-corrected chi connectivity index (χ3v) is 0. The molecule has 0 heterocycles. The molecule has 0 amide bonds. The summed E-state index contributed by atoms with van der Waals surface area (Å²) in [5.41, 5.74) is 0. The van der Waals surface area contributed by atoms with Crippen LogP contribution in [0.5, 0.6) is 0 Å². The Morgan fingerprint density at radius 3 is 0.444 bits per heavy atom. The zero-order valence-electron chi connectivity index (χ0n) is 8.19. The number of rotatable bonds is 0. The van der Waals surface area contributed by atoms with Gasteiger partial charge >= 0.3 is 175 Å². The minimum absolute atomic E-state index is 0. The maximum atomic E-state index is 8.62. The molecule has 0 aliphatic rings. The van der Waals surface area contributed by atoms with Gasteiger partial charge in [0.2, 0.25) is 0 Å². The van der Waals surface area contributed by atoms with Crippen molar-refractivity contribution in [2.75, 3.05) is 0 Å². The van der Waals surface area contributed by atoms with Crippen molar-refractivity contribution in [2.24, 2.45) is 0 Å². The third kappa shape index (κ3) is 636. The second-order valence-electron chi connectivity index (χ2n) is 0.894. The van der Waals surface area contributed by atoms with Gasteiger partial charge < -0.3 is 0 Å². The molecular formula is LiNdO12Ta4. The van der Waals surface area contributed by atoms with Gasteiger partial charge in [0.25, 0.3) is 0 Å². The Kier molecular flexibility index (Phi) is 66.9. The predicted molar refractivity (Wildman–Crippen MR) is 5.49 cm³/mol. The van der Waals surface area contributed by atoms with Gasteiger partial charge in [-0.05, 0) is 0 Å². The van der Waals surface area contributed by atoms with Gasteiger partial charge in [0.15, 0.2) is 0 Å². The molecule has 0 rings (SSSR count). The van der Waals surface area contributed by atoms with Crippen LogP contribution in [-0.4, -0.2) is 0 Å². The molecular weight excluding hydrogens is 1070 g/mol. The van der Waals surface area contributed by atoms with Gasteiger partial charge in [0.05, 0.1) is 0 Å². The molecule has 18 heavy (non-hydrogen) atoms. The summed E-state index contributed by atoms with van der Waals surface area (Å²) in [5.74, 6) is 0. The van der Waals surface area contributed by atoms with E-state index >= 15 is 0 Å². The average Bonchev–Trinajstić information content (AvgIpc) is 1.76. The molecule has 0 saturated heterocycles. The second kappa shape index (κ2) is 32.2. The summed E-state index contributed by atoms with van der Waals surface area (Å²) >= 11 is -17.4. The summed E-state index contributed by atoms with van der Waals surface area (Å²) in [6.45, 7) is 0. The van der Waals surface area contributed by atoms with Crippen LogP contribution in [0.25, 0.3) is 0 Å². The van der Waals surface area contributed by atoms with Crippen molar-refractivity contribution < 1.29 is 175 Å². The zero-order valence-corrected chi connectivity index (χ0v) is 24.2. The summed E-state index contributed by atoms with van der Waals surface area (Å²) in [4.78, 5) is 0. The van der Waals surface area contributed by atoms with Gasteiger partial charge in [-0.1, -0.05) is 0 Å². The molecule has 1 radical (unpaired) electrons. The van der Waals surface area contributed by atoms with Crippen LogP contribution in [0.2, 0.25) is 0 Å². The molecule has 0 fully saturated rings. The second-order valence-corrected chi connectivity index (χ2v) is 7.32. The topological polar surface area (TPSA) is 229 Å². The molecule has 12 nitrogen and oxygen atoms in total. The fourth-order valence-electron chi connectivity index (χ4n) is 0. The van der Waals surface area contributed by atoms with E-state index in [1.807, 2.05) is 0 Å². The van der Waals surface area contributed by atoms with Crippen LogP contribution < -0.4 is 33.3 Å². The molecule has 0 aromatic rings. The predicted octanol–water partition coefficient (Wildman–Crippen LogP) is -8.71. The first-order valence-corrected chi connectivity index (χ1v) is 17.9. The van der Waals surface area contributed by atoms with Crippen LogP contribution in [0.4, 0.5) is 0 Å². The number of hydrogen-bond donors (Lipinski definition) is 0. The standard InChI is InChI=1S/Li.Nd.12O.4Ta/q+1;+3;;;;;;;;;4*-1;;;;. The first kappa shape index (κ1) is 37.4. The Morgan fingerprint density at radius 2 is 0.444 bits per heavy atom. The van der Waals surface area contributed by atoms with Crippen LogP contribution >= 0.6 is 0 Å². The Morgan fingerprint density at radius 1 is 0.444 bits per heavy atom. The third-order valence-electron chi connectivity index (χ3n) is 0. The van der Waals surface area contributed by atoms with E-state index in [0.29, 0.717) is 0 Å². The first-order chi connectivity index (χ1) is 6.93. The average molecular weight is 1070 g/mol. The van der Waals surface area contributed by atoms with E-state index in [2.05, 4.69) is 0 Å². The van der Waals surface area contributed by atoms with Crippen LogP contribution in [0.3, 0.4) is 0 Å². The summed E-state index contributed by atoms with van der Waals surface area (Å²) in [6.07, 6.45) is 0. The van der Waals surface area contributed by atoms with Crippen molar-refractivity contribution in [3.8, 4) is 0 Å².